The van der Waals surface area contributed by atoms with Gasteiger partial charge in [-0.15, -0.1) is 0 Å². The van der Waals surface area contributed by atoms with Crippen molar-refractivity contribution in [3.05, 3.63) is 102 Å². The molecule has 0 saturated carbocycles. The molecule has 0 heterocycles. The summed E-state index contributed by atoms with van der Waals surface area (Å²) in [5.74, 6) is 0. The summed E-state index contributed by atoms with van der Waals surface area (Å²) in [6.07, 6.45) is 0. The summed E-state index contributed by atoms with van der Waals surface area (Å²) < 4.78 is 0. The first-order valence-electron chi connectivity index (χ1n) is 7.27. The summed E-state index contributed by atoms with van der Waals surface area (Å²) in [6.45, 7) is 0. The van der Waals surface area contributed by atoms with Crippen molar-refractivity contribution in [2.45, 2.75) is 0 Å². The van der Waals surface area contributed by atoms with Gasteiger partial charge in [0.2, 0.25) is 0 Å². The highest BCUT2D eigenvalue weighted by Crippen LogP contribution is 2.24. The first-order valence-corrected chi connectivity index (χ1v) is 7.27. The number of para-hydroxylation sites is 1. The van der Waals surface area contributed by atoms with Crippen molar-refractivity contribution in [2.24, 2.45) is 5.73 Å². The van der Waals surface area contributed by atoms with Gasteiger partial charge in [-0.25, -0.2) is 0 Å². The van der Waals surface area contributed by atoms with Gasteiger partial charge in [-0.3, -0.25) is 0 Å². The molecule has 0 aliphatic carbocycles. The maximum Gasteiger partial charge on any atom is 0.0697 e. The average Bonchev–Trinajstić information content (AvgIpc) is 2.61. The van der Waals surface area contributed by atoms with Gasteiger partial charge in [0, 0.05) is 11.3 Å². The lowest BCUT2D eigenvalue weighted by Gasteiger charge is -2.15. The molecular weight excluding hydrogens is 268 g/mol. The third-order valence-electron chi connectivity index (χ3n) is 3.46. The minimum absolute atomic E-state index is 0.732. The van der Waals surface area contributed by atoms with Crippen LogP contribution in [0.15, 0.2) is 91.0 Å². The van der Waals surface area contributed by atoms with Crippen molar-refractivity contribution in [3.63, 3.8) is 0 Å². The second-order valence-electron chi connectivity index (χ2n) is 5.01. The highest BCUT2D eigenvalue weighted by Gasteiger charge is 2.09. The average molecular weight is 286 g/mol. The van der Waals surface area contributed by atoms with Crippen molar-refractivity contribution in [1.29, 1.82) is 0 Å². The zero-order valence-electron chi connectivity index (χ0n) is 12.2. The highest BCUT2D eigenvalue weighted by atomic mass is 14.9. The largest absolute Gasteiger partial charge is 0.397 e. The van der Waals surface area contributed by atoms with Crippen molar-refractivity contribution < 1.29 is 0 Å². The molecule has 0 aliphatic rings. The van der Waals surface area contributed by atoms with E-state index in [-0.39, 0.29) is 0 Å². The molecule has 22 heavy (non-hydrogen) atoms. The molecule has 0 spiro atoms. The molecule has 3 aromatic carbocycles. The van der Waals surface area contributed by atoms with Crippen LogP contribution >= 0.6 is 0 Å². The van der Waals surface area contributed by atoms with E-state index in [1.807, 2.05) is 78.9 Å². The molecule has 0 aliphatic heterocycles. The molecule has 3 N–H and O–H groups in total. The summed E-state index contributed by atoms with van der Waals surface area (Å²) in [7, 11) is 0. The zero-order chi connectivity index (χ0) is 15.2. The first-order chi connectivity index (χ1) is 10.8. The van der Waals surface area contributed by atoms with Gasteiger partial charge in [0.15, 0.2) is 0 Å². The van der Waals surface area contributed by atoms with Crippen LogP contribution in [-0.4, -0.2) is 0 Å². The fourth-order valence-electron chi connectivity index (χ4n) is 2.33. The molecule has 0 amide bonds. The Morgan fingerprint density at radius 1 is 0.591 bits per heavy atom. The monoisotopic (exact) mass is 286 g/mol. The van der Waals surface area contributed by atoms with E-state index in [0.717, 1.165) is 28.2 Å². The molecule has 3 rings (SSSR count). The minimum atomic E-state index is 0.732. The lowest BCUT2D eigenvalue weighted by Crippen LogP contribution is -2.08. The van der Waals surface area contributed by atoms with Gasteiger partial charge >= 0.3 is 0 Å². The van der Waals surface area contributed by atoms with Gasteiger partial charge in [-0.2, -0.15) is 0 Å². The van der Waals surface area contributed by atoms with Crippen molar-refractivity contribution >= 4 is 17.1 Å². The van der Waals surface area contributed by atoms with E-state index in [1.165, 1.54) is 0 Å². The van der Waals surface area contributed by atoms with Crippen molar-refractivity contribution in [2.75, 3.05) is 5.32 Å². The van der Waals surface area contributed by atoms with Crippen LogP contribution in [0.4, 0.5) is 5.69 Å². The third-order valence-corrected chi connectivity index (χ3v) is 3.46. The van der Waals surface area contributed by atoms with Gasteiger partial charge in [0.25, 0.3) is 0 Å². The molecular formula is C20H18N2. The summed E-state index contributed by atoms with van der Waals surface area (Å²) in [6, 6.07) is 30.2. The Bertz CT molecular complexity index is 747. The molecule has 0 radical (unpaired) electrons. The lowest BCUT2D eigenvalue weighted by atomic mass is 10.0. The van der Waals surface area contributed by atoms with E-state index >= 15 is 0 Å². The van der Waals surface area contributed by atoms with Crippen molar-refractivity contribution in [1.82, 2.24) is 0 Å². The van der Waals surface area contributed by atoms with E-state index in [4.69, 9.17) is 5.73 Å². The maximum atomic E-state index is 6.44. The molecule has 0 bridgehead atoms. The Balaban J connectivity index is 2.07. The lowest BCUT2D eigenvalue weighted by molar-refractivity contribution is 1.46. The topological polar surface area (TPSA) is 38.0 Å². The van der Waals surface area contributed by atoms with Crippen LogP contribution in [0.5, 0.6) is 0 Å². The second kappa shape index (κ2) is 6.64. The van der Waals surface area contributed by atoms with Gasteiger partial charge < -0.3 is 11.1 Å². The normalized spacial score (nSPS) is 11.6. The standard InChI is InChI=1S/C20H18N2/c21-19(16-10-4-1-5-11-16)20(17-12-6-2-7-13-17)22-18-14-8-3-9-15-18/h1-15,22H,21H2/b20-19+. The van der Waals surface area contributed by atoms with E-state index in [9.17, 15) is 0 Å². The van der Waals surface area contributed by atoms with Gasteiger partial charge in [-0.05, 0) is 17.7 Å². The Morgan fingerprint density at radius 3 is 1.59 bits per heavy atom. The van der Waals surface area contributed by atoms with E-state index in [0.29, 0.717) is 0 Å². The highest BCUT2D eigenvalue weighted by molar-refractivity contribution is 5.94. The van der Waals surface area contributed by atoms with Crippen LogP contribution in [0.25, 0.3) is 11.4 Å². The molecule has 0 unspecified atom stereocenters. The predicted octanol–water partition coefficient (Wildman–Crippen LogP) is 4.58. The third kappa shape index (κ3) is 3.18. The number of nitrogens with two attached hydrogens (primary N) is 1. The predicted molar refractivity (Wildman–Crippen MR) is 94.0 cm³/mol. The molecule has 2 heteroatoms. The summed E-state index contributed by atoms with van der Waals surface area (Å²) >= 11 is 0. The maximum absolute atomic E-state index is 6.44. The molecule has 108 valence electrons. The van der Waals surface area contributed by atoms with Crippen LogP contribution in [0, 0.1) is 0 Å². The Hall–Kier alpha value is -3.00. The zero-order valence-corrected chi connectivity index (χ0v) is 12.2. The number of hydrogen-bond acceptors (Lipinski definition) is 2. The minimum Gasteiger partial charge on any atom is -0.397 e. The van der Waals surface area contributed by atoms with Crippen LogP contribution in [-0.2, 0) is 0 Å². The van der Waals surface area contributed by atoms with E-state index < -0.39 is 0 Å². The van der Waals surface area contributed by atoms with E-state index in [1.54, 1.807) is 0 Å². The molecule has 0 fully saturated rings. The fourth-order valence-corrected chi connectivity index (χ4v) is 2.33. The van der Waals surface area contributed by atoms with Crippen LogP contribution < -0.4 is 11.1 Å². The molecule has 2 nitrogen and oxygen atoms in total. The summed E-state index contributed by atoms with van der Waals surface area (Å²) in [5.41, 5.74) is 11.2. The molecule has 0 atom stereocenters. The Kier molecular flexibility index (Phi) is 4.21. The van der Waals surface area contributed by atoms with Crippen LogP contribution in [0.2, 0.25) is 0 Å². The molecule has 0 aromatic heterocycles. The van der Waals surface area contributed by atoms with Gasteiger partial charge in [-0.1, -0.05) is 78.9 Å². The van der Waals surface area contributed by atoms with Crippen molar-refractivity contribution in [3.8, 4) is 0 Å². The quantitative estimate of drug-likeness (QED) is 0.689. The number of anilines is 1. The smallest absolute Gasteiger partial charge is 0.0697 e. The van der Waals surface area contributed by atoms with Gasteiger partial charge in [0.1, 0.15) is 0 Å². The first kappa shape index (κ1) is 14.0. The number of nitrogens with one attached hydrogen (secondary N) is 1. The summed E-state index contributed by atoms with van der Waals surface area (Å²) in [5, 5.41) is 3.45. The molecule has 3 aromatic rings. The SMILES string of the molecule is N/C(=C(/Nc1ccccc1)c1ccccc1)c1ccccc1. The fraction of sp³-hybridized carbons (Fsp3) is 0. The van der Waals surface area contributed by atoms with Crippen LogP contribution in [0.3, 0.4) is 0 Å². The Morgan fingerprint density at radius 2 is 1.05 bits per heavy atom. The second-order valence-corrected chi connectivity index (χ2v) is 5.01. The van der Waals surface area contributed by atoms with Gasteiger partial charge in [0.05, 0.1) is 11.4 Å². The Labute approximate surface area is 130 Å². The van der Waals surface area contributed by atoms with Crippen LogP contribution in [0.1, 0.15) is 11.1 Å². The molecule has 0 saturated heterocycles. The number of hydrogen-bond donors (Lipinski definition) is 2. The van der Waals surface area contributed by atoms with E-state index in [2.05, 4.69) is 17.4 Å². The summed E-state index contributed by atoms with van der Waals surface area (Å²) in [4.78, 5) is 0. The number of rotatable bonds is 4. The number of benzene rings is 3.